The summed E-state index contributed by atoms with van der Waals surface area (Å²) in [7, 11) is 0. The summed E-state index contributed by atoms with van der Waals surface area (Å²) in [5.41, 5.74) is 9.31. The summed E-state index contributed by atoms with van der Waals surface area (Å²) in [6, 6.07) is 18.9. The number of allylic oxidation sites excluding steroid dienone is 1. The van der Waals surface area contributed by atoms with Crippen LogP contribution in [0.4, 0.5) is 15.8 Å². The molecule has 1 aliphatic rings. The maximum atomic E-state index is 14.6. The standard InChI is InChI=1S/C33H40ClFN2/c1-7-8-9-22(3)25(6)36-31-15-12-27(19-24(31)5)33-17-16-32(26-11-10-21(2)23(4)18-26)37(33)28-13-14-29(34)30(35)20-28/h10-15,18-20,22,32-33,36H,6-9,16-17H2,1-5H3/t22-,32+,33?/m0/s1. The Morgan fingerprint density at radius 1 is 0.973 bits per heavy atom. The summed E-state index contributed by atoms with van der Waals surface area (Å²) in [4.78, 5) is 2.39. The predicted octanol–water partition coefficient (Wildman–Crippen LogP) is 10.2. The van der Waals surface area contributed by atoms with Crippen LogP contribution in [-0.2, 0) is 0 Å². The molecule has 2 nitrogen and oxygen atoms in total. The quantitative estimate of drug-likeness (QED) is 0.303. The Morgan fingerprint density at radius 2 is 1.62 bits per heavy atom. The Balaban J connectivity index is 1.65. The second kappa shape index (κ2) is 11.7. The van der Waals surface area contributed by atoms with Crippen molar-refractivity contribution in [3.05, 3.63) is 106 Å². The maximum Gasteiger partial charge on any atom is 0.143 e. The zero-order valence-corrected chi connectivity index (χ0v) is 23.6. The molecule has 1 unspecified atom stereocenters. The molecule has 4 heteroatoms. The summed E-state index contributed by atoms with van der Waals surface area (Å²) in [5.74, 6) is 0.0537. The van der Waals surface area contributed by atoms with Crippen LogP contribution < -0.4 is 10.2 Å². The molecule has 37 heavy (non-hydrogen) atoms. The van der Waals surface area contributed by atoms with Crippen LogP contribution in [0.15, 0.2) is 66.9 Å². The van der Waals surface area contributed by atoms with Crippen LogP contribution in [0, 0.1) is 32.5 Å². The van der Waals surface area contributed by atoms with Gasteiger partial charge < -0.3 is 10.2 Å². The Morgan fingerprint density at radius 3 is 2.22 bits per heavy atom. The molecule has 0 aliphatic carbocycles. The average Bonchev–Trinajstić information content (AvgIpc) is 3.32. The first-order chi connectivity index (χ1) is 17.7. The predicted molar refractivity (Wildman–Crippen MR) is 157 cm³/mol. The molecule has 4 rings (SSSR count). The molecule has 0 radical (unpaired) electrons. The van der Waals surface area contributed by atoms with E-state index in [1.54, 1.807) is 12.1 Å². The van der Waals surface area contributed by atoms with Crippen LogP contribution in [0.5, 0.6) is 0 Å². The van der Waals surface area contributed by atoms with E-state index < -0.39 is 0 Å². The molecule has 0 spiro atoms. The van der Waals surface area contributed by atoms with Crippen molar-refractivity contribution in [3.8, 4) is 0 Å². The van der Waals surface area contributed by atoms with E-state index in [9.17, 15) is 4.39 Å². The van der Waals surface area contributed by atoms with Gasteiger partial charge in [-0.3, -0.25) is 0 Å². The summed E-state index contributed by atoms with van der Waals surface area (Å²) in [6.07, 6.45) is 5.55. The van der Waals surface area contributed by atoms with Gasteiger partial charge in [0, 0.05) is 17.1 Å². The van der Waals surface area contributed by atoms with Gasteiger partial charge in [0.15, 0.2) is 0 Å². The molecule has 0 saturated carbocycles. The highest BCUT2D eigenvalue weighted by molar-refractivity contribution is 6.30. The normalized spacial score (nSPS) is 18.2. The van der Waals surface area contributed by atoms with Crippen LogP contribution >= 0.6 is 11.6 Å². The number of benzene rings is 3. The molecule has 3 aromatic carbocycles. The first-order valence-corrected chi connectivity index (χ1v) is 13.9. The van der Waals surface area contributed by atoms with Crippen molar-refractivity contribution < 1.29 is 4.39 Å². The molecule has 1 saturated heterocycles. The highest BCUT2D eigenvalue weighted by atomic mass is 35.5. The Kier molecular flexibility index (Phi) is 8.64. The average molecular weight is 519 g/mol. The molecule has 3 aromatic rings. The summed E-state index contributed by atoms with van der Waals surface area (Å²) in [6.45, 7) is 15.2. The van der Waals surface area contributed by atoms with Crippen molar-refractivity contribution >= 4 is 23.0 Å². The van der Waals surface area contributed by atoms with E-state index in [1.165, 1.54) is 40.7 Å². The minimum Gasteiger partial charge on any atom is -0.359 e. The number of hydrogen-bond acceptors (Lipinski definition) is 2. The number of unbranched alkanes of at least 4 members (excludes halogenated alkanes) is 1. The van der Waals surface area contributed by atoms with Gasteiger partial charge in [-0.2, -0.15) is 0 Å². The van der Waals surface area contributed by atoms with Crippen LogP contribution in [0.2, 0.25) is 5.02 Å². The topological polar surface area (TPSA) is 15.3 Å². The van der Waals surface area contributed by atoms with Gasteiger partial charge in [0.2, 0.25) is 0 Å². The van der Waals surface area contributed by atoms with E-state index in [0.29, 0.717) is 5.92 Å². The Hall–Kier alpha value is -2.78. The van der Waals surface area contributed by atoms with Gasteiger partial charge in [-0.1, -0.05) is 75.2 Å². The minimum atomic E-state index is -0.380. The van der Waals surface area contributed by atoms with E-state index >= 15 is 0 Å². The van der Waals surface area contributed by atoms with Gasteiger partial charge in [0.25, 0.3) is 0 Å². The number of halogens is 2. The molecule has 1 N–H and O–H groups in total. The van der Waals surface area contributed by atoms with Gasteiger partial charge in [0.05, 0.1) is 17.1 Å². The van der Waals surface area contributed by atoms with E-state index in [-0.39, 0.29) is 22.9 Å². The zero-order valence-electron chi connectivity index (χ0n) is 22.9. The highest BCUT2D eigenvalue weighted by Crippen LogP contribution is 2.48. The van der Waals surface area contributed by atoms with Crippen LogP contribution in [-0.4, -0.2) is 0 Å². The van der Waals surface area contributed by atoms with Crippen LogP contribution in [0.1, 0.15) is 85.9 Å². The van der Waals surface area contributed by atoms with E-state index in [0.717, 1.165) is 36.3 Å². The van der Waals surface area contributed by atoms with Gasteiger partial charge in [-0.15, -0.1) is 0 Å². The summed E-state index contributed by atoms with van der Waals surface area (Å²) < 4.78 is 14.6. The fourth-order valence-corrected chi connectivity index (χ4v) is 5.58. The van der Waals surface area contributed by atoms with Crippen LogP contribution in [0.3, 0.4) is 0 Å². The van der Waals surface area contributed by atoms with Crippen molar-refractivity contribution in [1.29, 1.82) is 0 Å². The highest BCUT2D eigenvalue weighted by Gasteiger charge is 2.36. The Labute approximate surface area is 227 Å². The lowest BCUT2D eigenvalue weighted by atomic mass is 9.99. The first kappa shape index (κ1) is 27.3. The SMILES string of the molecule is C=C(Nc1ccc(C2CC[C@H](c3ccc(C)c(C)c3)N2c2ccc(Cl)c(F)c2)cc1C)[C@@H](C)CCCC. The molecular weight excluding hydrogens is 479 g/mol. The molecule has 0 bridgehead atoms. The summed E-state index contributed by atoms with van der Waals surface area (Å²) in [5, 5.41) is 3.72. The molecule has 196 valence electrons. The Bertz CT molecular complexity index is 1270. The number of nitrogens with one attached hydrogen (secondary N) is 1. The largest absolute Gasteiger partial charge is 0.359 e. The molecule has 1 aliphatic heterocycles. The lowest BCUT2D eigenvalue weighted by molar-refractivity contribution is 0.576. The lowest BCUT2D eigenvalue weighted by Gasteiger charge is -2.34. The number of rotatable bonds is 9. The second-order valence-electron chi connectivity index (χ2n) is 10.7. The number of aryl methyl sites for hydroxylation is 3. The molecule has 1 heterocycles. The number of hydrogen-bond donors (Lipinski definition) is 1. The van der Waals surface area contributed by atoms with Gasteiger partial charge in [-0.25, -0.2) is 4.39 Å². The van der Waals surface area contributed by atoms with Crippen molar-refractivity contribution in [2.45, 2.75) is 78.8 Å². The van der Waals surface area contributed by atoms with Crippen molar-refractivity contribution in [2.24, 2.45) is 5.92 Å². The molecule has 1 fully saturated rings. The zero-order chi connectivity index (χ0) is 26.7. The molecular formula is C33H40ClFN2. The minimum absolute atomic E-state index is 0.145. The first-order valence-electron chi connectivity index (χ1n) is 13.6. The second-order valence-corrected chi connectivity index (χ2v) is 11.1. The molecule has 0 aromatic heterocycles. The van der Waals surface area contributed by atoms with Crippen molar-refractivity contribution in [3.63, 3.8) is 0 Å². The fraction of sp³-hybridized carbons (Fsp3) is 0.394. The maximum absolute atomic E-state index is 14.6. The van der Waals surface area contributed by atoms with Gasteiger partial charge in [0.1, 0.15) is 5.82 Å². The monoisotopic (exact) mass is 518 g/mol. The third-order valence-electron chi connectivity index (χ3n) is 8.02. The van der Waals surface area contributed by atoms with Crippen LogP contribution in [0.25, 0.3) is 0 Å². The van der Waals surface area contributed by atoms with E-state index in [4.69, 9.17) is 11.6 Å². The summed E-state index contributed by atoms with van der Waals surface area (Å²) >= 11 is 6.05. The van der Waals surface area contributed by atoms with Gasteiger partial charge >= 0.3 is 0 Å². The van der Waals surface area contributed by atoms with E-state index in [2.05, 4.69) is 87.8 Å². The van der Waals surface area contributed by atoms with Gasteiger partial charge in [-0.05, 0) is 98.0 Å². The number of nitrogens with zero attached hydrogens (tertiary/aromatic N) is 1. The van der Waals surface area contributed by atoms with Crippen molar-refractivity contribution in [1.82, 2.24) is 0 Å². The molecule has 3 atom stereocenters. The van der Waals surface area contributed by atoms with Crippen molar-refractivity contribution in [2.75, 3.05) is 10.2 Å². The van der Waals surface area contributed by atoms with E-state index in [1.807, 2.05) is 6.07 Å². The third-order valence-corrected chi connectivity index (χ3v) is 8.32. The molecule has 0 amide bonds. The third kappa shape index (κ3) is 6.04. The number of anilines is 2. The lowest BCUT2D eigenvalue weighted by Crippen LogP contribution is -2.26. The smallest absolute Gasteiger partial charge is 0.143 e. The fourth-order valence-electron chi connectivity index (χ4n) is 5.46.